The summed E-state index contributed by atoms with van der Waals surface area (Å²) in [7, 11) is 0. The fraction of sp³-hybridized carbons (Fsp3) is 0.269. The Balaban J connectivity index is 0.00000289. The van der Waals surface area contributed by atoms with E-state index >= 15 is 0 Å². The molecule has 34 heavy (non-hydrogen) atoms. The topological polar surface area (TPSA) is 105 Å². The van der Waals surface area contributed by atoms with Crippen LogP contribution in [0.5, 0.6) is 5.75 Å². The van der Waals surface area contributed by atoms with Crippen LogP contribution >= 0.6 is 24.8 Å². The van der Waals surface area contributed by atoms with Crippen LogP contribution in [0, 0.1) is 0 Å². The van der Waals surface area contributed by atoms with Crippen molar-refractivity contribution in [1.29, 1.82) is 0 Å². The summed E-state index contributed by atoms with van der Waals surface area (Å²) in [6, 6.07) is 20.6. The average molecular weight is 507 g/mol. The third kappa shape index (κ3) is 8.22. The van der Waals surface area contributed by atoms with Crippen LogP contribution < -0.4 is 15.8 Å². The first kappa shape index (κ1) is 29.3. The number of nitrogens with two attached hydrogens (primary N) is 1. The van der Waals surface area contributed by atoms with Gasteiger partial charge in [0.25, 0.3) is 0 Å². The molecule has 0 aromatic heterocycles. The Bertz CT molecular complexity index is 1060. The fourth-order valence-electron chi connectivity index (χ4n) is 3.45. The van der Waals surface area contributed by atoms with Gasteiger partial charge in [0.2, 0.25) is 0 Å². The smallest absolute Gasteiger partial charge is 0.339 e. The molecule has 0 unspecified atom stereocenters. The first-order valence-corrected chi connectivity index (χ1v) is 10.7. The van der Waals surface area contributed by atoms with E-state index in [0.717, 1.165) is 29.7 Å². The lowest BCUT2D eigenvalue weighted by molar-refractivity contribution is 0.0690. The summed E-state index contributed by atoms with van der Waals surface area (Å²) in [6.45, 7) is 4.93. The van der Waals surface area contributed by atoms with Crippen LogP contribution in [0.3, 0.4) is 0 Å². The number of ether oxygens (including phenoxy) is 1. The minimum Gasteiger partial charge on any atom is -0.490 e. The zero-order valence-electron chi connectivity index (χ0n) is 19.2. The van der Waals surface area contributed by atoms with Crippen LogP contribution in [0.15, 0.2) is 66.7 Å². The van der Waals surface area contributed by atoms with Crippen LogP contribution in [0.4, 0.5) is 5.69 Å². The molecule has 1 atom stereocenters. The maximum Gasteiger partial charge on any atom is 0.339 e. The molecule has 0 aliphatic heterocycles. The second-order valence-corrected chi connectivity index (χ2v) is 8.02. The summed E-state index contributed by atoms with van der Waals surface area (Å²) in [6.07, 6.45) is 0.108. The zero-order chi connectivity index (χ0) is 23.1. The SMILES string of the molecule is CC(C)Oc1cc(-c2ccc(CCNC[C@@H](O)c3cccc(N)c3)cc2)ccc1C(=O)O.Cl.Cl. The second kappa shape index (κ2) is 13.8. The third-order valence-corrected chi connectivity index (χ3v) is 5.09. The normalized spacial score (nSPS) is 11.3. The van der Waals surface area contributed by atoms with E-state index in [2.05, 4.69) is 17.4 Å². The molecule has 0 radical (unpaired) electrons. The zero-order valence-corrected chi connectivity index (χ0v) is 20.9. The highest BCUT2D eigenvalue weighted by molar-refractivity contribution is 5.92. The van der Waals surface area contributed by atoms with Crippen molar-refractivity contribution in [3.63, 3.8) is 0 Å². The van der Waals surface area contributed by atoms with Gasteiger partial charge in [0.15, 0.2) is 0 Å². The van der Waals surface area contributed by atoms with E-state index in [1.165, 1.54) is 5.56 Å². The molecule has 0 bridgehead atoms. The lowest BCUT2D eigenvalue weighted by Gasteiger charge is -2.14. The van der Waals surface area contributed by atoms with E-state index in [4.69, 9.17) is 10.5 Å². The summed E-state index contributed by atoms with van der Waals surface area (Å²) in [5.41, 5.74) is 10.4. The molecule has 8 heteroatoms. The summed E-state index contributed by atoms with van der Waals surface area (Å²) in [4.78, 5) is 11.5. The van der Waals surface area contributed by atoms with Gasteiger partial charge in [-0.1, -0.05) is 42.5 Å². The largest absolute Gasteiger partial charge is 0.490 e. The van der Waals surface area contributed by atoms with Crippen LogP contribution in [-0.2, 0) is 6.42 Å². The monoisotopic (exact) mass is 506 g/mol. The number of carbonyl (C=O) groups is 1. The Hall–Kier alpha value is -2.77. The molecule has 3 rings (SSSR count). The van der Waals surface area contributed by atoms with Gasteiger partial charge in [-0.3, -0.25) is 0 Å². The molecule has 5 N–H and O–H groups in total. The van der Waals surface area contributed by atoms with E-state index in [-0.39, 0.29) is 36.5 Å². The summed E-state index contributed by atoms with van der Waals surface area (Å²) in [5.74, 6) is -0.632. The number of aromatic carboxylic acids is 1. The molecule has 3 aromatic carbocycles. The number of aliphatic hydroxyl groups is 1. The number of halogens is 2. The minimum atomic E-state index is -1.00. The highest BCUT2D eigenvalue weighted by Gasteiger charge is 2.14. The van der Waals surface area contributed by atoms with Gasteiger partial charge in [-0.15, -0.1) is 24.8 Å². The number of rotatable bonds is 10. The molecule has 0 aliphatic rings. The predicted octanol–water partition coefficient (Wildman–Crippen LogP) is 5.13. The van der Waals surface area contributed by atoms with Gasteiger partial charge in [-0.25, -0.2) is 4.79 Å². The number of aliphatic hydroxyl groups excluding tert-OH is 1. The van der Waals surface area contributed by atoms with Gasteiger partial charge >= 0.3 is 5.97 Å². The number of carboxylic acid groups (broad SMARTS) is 1. The number of carboxylic acids is 1. The number of anilines is 1. The van der Waals surface area contributed by atoms with Gasteiger partial charge in [0, 0.05) is 12.2 Å². The van der Waals surface area contributed by atoms with Gasteiger partial charge < -0.3 is 26.0 Å². The predicted molar refractivity (Wildman–Crippen MR) is 141 cm³/mol. The molecular weight excluding hydrogens is 475 g/mol. The van der Waals surface area contributed by atoms with Crippen LogP contribution in [0.25, 0.3) is 11.1 Å². The number of nitrogen functional groups attached to an aromatic ring is 1. The van der Waals surface area contributed by atoms with E-state index in [0.29, 0.717) is 18.0 Å². The molecule has 0 aliphatic carbocycles. The Morgan fingerprint density at radius 3 is 2.29 bits per heavy atom. The molecule has 0 spiro atoms. The summed E-state index contributed by atoms with van der Waals surface area (Å²) >= 11 is 0. The van der Waals surface area contributed by atoms with E-state index < -0.39 is 12.1 Å². The van der Waals surface area contributed by atoms with Crippen molar-refractivity contribution in [3.05, 3.63) is 83.4 Å². The molecule has 0 amide bonds. The molecule has 0 fully saturated rings. The fourth-order valence-corrected chi connectivity index (χ4v) is 3.45. The molecular formula is C26H32Cl2N2O4. The number of hydrogen-bond donors (Lipinski definition) is 4. The minimum absolute atomic E-state index is 0. The van der Waals surface area contributed by atoms with Crippen molar-refractivity contribution < 1.29 is 19.7 Å². The van der Waals surface area contributed by atoms with Crippen LogP contribution in [0.2, 0.25) is 0 Å². The lowest BCUT2D eigenvalue weighted by atomic mass is 10.0. The van der Waals surface area contributed by atoms with E-state index in [9.17, 15) is 15.0 Å². The first-order chi connectivity index (χ1) is 15.3. The van der Waals surface area contributed by atoms with Crippen molar-refractivity contribution in [2.45, 2.75) is 32.5 Å². The van der Waals surface area contributed by atoms with E-state index in [1.54, 1.807) is 30.3 Å². The quantitative estimate of drug-likeness (QED) is 0.224. The van der Waals surface area contributed by atoms with Crippen LogP contribution in [-0.4, -0.2) is 35.4 Å². The Labute approximate surface area is 213 Å². The van der Waals surface area contributed by atoms with Gasteiger partial charge in [0.05, 0.1) is 12.2 Å². The van der Waals surface area contributed by atoms with Crippen molar-refractivity contribution in [3.8, 4) is 16.9 Å². The highest BCUT2D eigenvalue weighted by atomic mass is 35.5. The molecule has 0 saturated heterocycles. The molecule has 0 heterocycles. The van der Waals surface area contributed by atoms with Crippen molar-refractivity contribution >= 4 is 36.5 Å². The summed E-state index contributed by atoms with van der Waals surface area (Å²) in [5, 5.41) is 22.9. The number of hydrogen-bond acceptors (Lipinski definition) is 5. The third-order valence-electron chi connectivity index (χ3n) is 5.09. The number of nitrogens with one attached hydrogen (secondary N) is 1. The Morgan fingerprint density at radius 2 is 1.68 bits per heavy atom. The molecule has 0 saturated carbocycles. The maximum atomic E-state index is 11.5. The lowest BCUT2D eigenvalue weighted by Crippen LogP contribution is -2.23. The first-order valence-electron chi connectivity index (χ1n) is 10.7. The summed E-state index contributed by atoms with van der Waals surface area (Å²) < 4.78 is 5.70. The molecule has 184 valence electrons. The Morgan fingerprint density at radius 1 is 1.00 bits per heavy atom. The van der Waals surface area contributed by atoms with Crippen LogP contribution in [0.1, 0.15) is 41.4 Å². The Kier molecular flexibility index (Phi) is 11.9. The van der Waals surface area contributed by atoms with Crippen molar-refractivity contribution in [1.82, 2.24) is 5.32 Å². The highest BCUT2D eigenvalue weighted by Crippen LogP contribution is 2.28. The molecule has 3 aromatic rings. The van der Waals surface area contributed by atoms with E-state index in [1.807, 2.05) is 38.1 Å². The maximum absolute atomic E-state index is 11.5. The number of benzene rings is 3. The van der Waals surface area contributed by atoms with Crippen molar-refractivity contribution in [2.75, 3.05) is 18.8 Å². The van der Waals surface area contributed by atoms with Gasteiger partial charge in [-0.05, 0) is 73.3 Å². The molecule has 6 nitrogen and oxygen atoms in total. The van der Waals surface area contributed by atoms with Gasteiger partial charge in [-0.2, -0.15) is 0 Å². The second-order valence-electron chi connectivity index (χ2n) is 8.02. The van der Waals surface area contributed by atoms with Gasteiger partial charge in [0.1, 0.15) is 11.3 Å². The average Bonchev–Trinajstić information content (AvgIpc) is 2.76. The van der Waals surface area contributed by atoms with Crippen molar-refractivity contribution in [2.24, 2.45) is 0 Å². The standard InChI is InChI=1S/C26H30N2O4.2ClH/c1-17(2)32-25-15-20(10-11-23(25)26(30)31)19-8-6-18(7-9-19)12-13-28-16-24(29)21-4-3-5-22(27)14-21;;/h3-11,14-15,17,24,28-29H,12-13,16,27H2,1-2H3,(H,30,31);2*1H/t24-;;/m1../s1.